The molecule has 0 aliphatic heterocycles. The Kier molecular flexibility index (Phi) is 8.47. The molecule has 0 aliphatic carbocycles. The zero-order valence-corrected chi connectivity index (χ0v) is 13.2. The van der Waals surface area contributed by atoms with E-state index in [4.69, 9.17) is 9.47 Å². The van der Waals surface area contributed by atoms with Crippen molar-refractivity contribution in [1.82, 2.24) is 4.90 Å². The second-order valence-corrected chi connectivity index (χ2v) is 4.75. The molecule has 1 aromatic carbocycles. The van der Waals surface area contributed by atoms with Gasteiger partial charge in [0.1, 0.15) is 0 Å². The first kappa shape index (κ1) is 17.5. The molecular weight excluding hydrogens is 268 g/mol. The summed E-state index contributed by atoms with van der Waals surface area (Å²) in [6.07, 6.45) is 1.01. The number of carbonyl (C=O) groups is 1. The Balaban J connectivity index is 2.85. The summed E-state index contributed by atoms with van der Waals surface area (Å²) in [7, 11) is 3.27. The van der Waals surface area contributed by atoms with Gasteiger partial charge in [0.25, 0.3) is 5.91 Å². The molecule has 118 valence electrons. The van der Waals surface area contributed by atoms with Gasteiger partial charge in [-0.05, 0) is 18.6 Å². The third kappa shape index (κ3) is 5.73. The SMILES string of the molecule is CCCNc1ccccc1C(=O)N(CCOC)CCOC. The van der Waals surface area contributed by atoms with Gasteiger partial charge in [-0.1, -0.05) is 19.1 Å². The molecule has 0 atom stereocenters. The summed E-state index contributed by atoms with van der Waals surface area (Å²) < 4.78 is 10.2. The zero-order chi connectivity index (χ0) is 15.5. The molecule has 0 saturated carbocycles. The fraction of sp³-hybridized carbons (Fsp3) is 0.562. The topological polar surface area (TPSA) is 50.8 Å². The zero-order valence-electron chi connectivity index (χ0n) is 13.2. The summed E-state index contributed by atoms with van der Waals surface area (Å²) >= 11 is 0. The molecule has 0 radical (unpaired) electrons. The van der Waals surface area contributed by atoms with E-state index in [1.807, 2.05) is 24.3 Å². The first-order valence-electron chi connectivity index (χ1n) is 7.34. The van der Waals surface area contributed by atoms with Gasteiger partial charge in [-0.15, -0.1) is 0 Å². The van der Waals surface area contributed by atoms with Crippen LogP contribution in [0.5, 0.6) is 0 Å². The maximum Gasteiger partial charge on any atom is 0.256 e. The minimum atomic E-state index is 0.00306. The number of rotatable bonds is 10. The van der Waals surface area contributed by atoms with Crippen molar-refractivity contribution in [1.29, 1.82) is 0 Å². The quantitative estimate of drug-likeness (QED) is 0.719. The molecule has 0 saturated heterocycles. The van der Waals surface area contributed by atoms with E-state index >= 15 is 0 Å². The molecule has 0 aliphatic rings. The number of anilines is 1. The van der Waals surface area contributed by atoms with Crippen LogP contribution in [0.4, 0.5) is 5.69 Å². The highest BCUT2D eigenvalue weighted by molar-refractivity contribution is 5.99. The first-order valence-corrected chi connectivity index (χ1v) is 7.34. The highest BCUT2D eigenvalue weighted by atomic mass is 16.5. The summed E-state index contributed by atoms with van der Waals surface area (Å²) in [6.45, 7) is 5.09. The van der Waals surface area contributed by atoms with Gasteiger partial charge >= 0.3 is 0 Å². The van der Waals surface area contributed by atoms with Gasteiger partial charge in [-0.2, -0.15) is 0 Å². The second kappa shape index (κ2) is 10.2. The Morgan fingerprint density at radius 2 is 1.76 bits per heavy atom. The van der Waals surface area contributed by atoms with Crippen molar-refractivity contribution in [3.8, 4) is 0 Å². The molecule has 1 amide bonds. The average Bonchev–Trinajstić information content (AvgIpc) is 2.52. The lowest BCUT2D eigenvalue weighted by atomic mass is 10.1. The molecule has 0 aromatic heterocycles. The molecule has 1 rings (SSSR count). The normalized spacial score (nSPS) is 10.4. The molecule has 1 aromatic rings. The van der Waals surface area contributed by atoms with Crippen molar-refractivity contribution in [2.24, 2.45) is 0 Å². The summed E-state index contributed by atoms with van der Waals surface area (Å²) in [5.74, 6) is 0.00306. The Bertz CT molecular complexity index is 416. The van der Waals surface area contributed by atoms with Crippen LogP contribution in [0.15, 0.2) is 24.3 Å². The Hall–Kier alpha value is -1.59. The highest BCUT2D eigenvalue weighted by Crippen LogP contribution is 2.17. The lowest BCUT2D eigenvalue weighted by Crippen LogP contribution is -2.36. The number of methoxy groups -OCH3 is 2. The number of ether oxygens (including phenoxy) is 2. The molecule has 0 spiro atoms. The Morgan fingerprint density at radius 3 is 2.33 bits per heavy atom. The predicted molar refractivity (Wildman–Crippen MR) is 84.9 cm³/mol. The number of para-hydroxylation sites is 1. The second-order valence-electron chi connectivity index (χ2n) is 4.75. The van der Waals surface area contributed by atoms with E-state index in [1.54, 1.807) is 19.1 Å². The summed E-state index contributed by atoms with van der Waals surface area (Å²) in [6, 6.07) is 7.61. The van der Waals surface area contributed by atoms with Crippen molar-refractivity contribution in [2.45, 2.75) is 13.3 Å². The molecule has 0 unspecified atom stereocenters. The monoisotopic (exact) mass is 294 g/mol. The lowest BCUT2D eigenvalue weighted by molar-refractivity contribution is 0.0628. The van der Waals surface area contributed by atoms with Crippen LogP contribution in [0.3, 0.4) is 0 Å². The number of hydrogen-bond donors (Lipinski definition) is 1. The minimum Gasteiger partial charge on any atom is -0.384 e. The average molecular weight is 294 g/mol. The van der Waals surface area contributed by atoms with Gasteiger partial charge in [-0.3, -0.25) is 4.79 Å². The van der Waals surface area contributed by atoms with Gasteiger partial charge in [0.2, 0.25) is 0 Å². The van der Waals surface area contributed by atoms with E-state index in [-0.39, 0.29) is 5.91 Å². The van der Waals surface area contributed by atoms with Crippen LogP contribution in [0.1, 0.15) is 23.7 Å². The summed E-state index contributed by atoms with van der Waals surface area (Å²) in [4.78, 5) is 14.5. The van der Waals surface area contributed by atoms with Crippen LogP contribution >= 0.6 is 0 Å². The number of amides is 1. The summed E-state index contributed by atoms with van der Waals surface area (Å²) in [5, 5.41) is 3.30. The molecule has 0 heterocycles. The number of hydrogen-bond acceptors (Lipinski definition) is 4. The first-order chi connectivity index (χ1) is 10.2. The van der Waals surface area contributed by atoms with E-state index in [0.717, 1.165) is 18.7 Å². The molecule has 21 heavy (non-hydrogen) atoms. The van der Waals surface area contributed by atoms with Gasteiger partial charge in [0, 0.05) is 39.5 Å². The van der Waals surface area contributed by atoms with Crippen LogP contribution in [0.2, 0.25) is 0 Å². The maximum atomic E-state index is 12.7. The van der Waals surface area contributed by atoms with Crippen molar-refractivity contribution in [3.05, 3.63) is 29.8 Å². The van der Waals surface area contributed by atoms with Gasteiger partial charge in [-0.25, -0.2) is 0 Å². The van der Waals surface area contributed by atoms with E-state index in [2.05, 4.69) is 12.2 Å². The van der Waals surface area contributed by atoms with E-state index < -0.39 is 0 Å². The van der Waals surface area contributed by atoms with Crippen LogP contribution in [-0.2, 0) is 9.47 Å². The lowest BCUT2D eigenvalue weighted by Gasteiger charge is -2.23. The highest BCUT2D eigenvalue weighted by Gasteiger charge is 2.18. The van der Waals surface area contributed by atoms with E-state index in [9.17, 15) is 4.79 Å². The minimum absolute atomic E-state index is 0.00306. The molecule has 5 nitrogen and oxygen atoms in total. The number of nitrogens with zero attached hydrogens (tertiary/aromatic N) is 1. The van der Waals surface area contributed by atoms with Crippen LogP contribution in [0.25, 0.3) is 0 Å². The van der Waals surface area contributed by atoms with Gasteiger partial charge in [0.15, 0.2) is 0 Å². The molecule has 1 N–H and O–H groups in total. The van der Waals surface area contributed by atoms with Crippen molar-refractivity contribution >= 4 is 11.6 Å². The van der Waals surface area contributed by atoms with Crippen molar-refractivity contribution in [2.75, 3.05) is 52.4 Å². The summed E-state index contributed by atoms with van der Waals surface area (Å²) in [5.41, 5.74) is 1.57. The Labute approximate surface area is 127 Å². The maximum absolute atomic E-state index is 12.7. The van der Waals surface area contributed by atoms with E-state index in [1.165, 1.54) is 0 Å². The predicted octanol–water partition coefficient (Wildman–Crippen LogP) is 2.24. The number of carbonyl (C=O) groups excluding carboxylic acids is 1. The third-order valence-electron chi connectivity index (χ3n) is 3.14. The standard InChI is InChI=1S/C16H26N2O3/c1-4-9-17-15-8-6-5-7-14(15)16(19)18(10-12-20-2)11-13-21-3/h5-8,17H,4,9-13H2,1-3H3. The number of benzene rings is 1. The fourth-order valence-electron chi connectivity index (χ4n) is 1.97. The molecule has 0 bridgehead atoms. The molecule has 5 heteroatoms. The van der Waals surface area contributed by atoms with Crippen molar-refractivity contribution < 1.29 is 14.3 Å². The van der Waals surface area contributed by atoms with Crippen LogP contribution < -0.4 is 5.32 Å². The van der Waals surface area contributed by atoms with E-state index in [0.29, 0.717) is 31.9 Å². The van der Waals surface area contributed by atoms with Gasteiger partial charge < -0.3 is 19.7 Å². The molecular formula is C16H26N2O3. The Morgan fingerprint density at radius 1 is 1.14 bits per heavy atom. The van der Waals surface area contributed by atoms with Gasteiger partial charge in [0.05, 0.1) is 18.8 Å². The third-order valence-corrected chi connectivity index (χ3v) is 3.14. The largest absolute Gasteiger partial charge is 0.384 e. The smallest absolute Gasteiger partial charge is 0.256 e. The van der Waals surface area contributed by atoms with Crippen molar-refractivity contribution in [3.63, 3.8) is 0 Å². The number of nitrogens with one attached hydrogen (secondary N) is 1. The van der Waals surface area contributed by atoms with Crippen LogP contribution in [0, 0.1) is 0 Å². The molecule has 0 fully saturated rings. The van der Waals surface area contributed by atoms with Crippen LogP contribution in [-0.4, -0.2) is 57.9 Å². The fourth-order valence-corrected chi connectivity index (χ4v) is 1.97.